The van der Waals surface area contributed by atoms with E-state index in [1.54, 1.807) is 11.8 Å². The smallest absolute Gasteiger partial charge is 0.313 e. The minimum atomic E-state index is -0.699. The molecule has 1 aromatic carbocycles. The highest BCUT2D eigenvalue weighted by Crippen LogP contribution is 2.39. The van der Waals surface area contributed by atoms with E-state index in [0.717, 1.165) is 6.42 Å². The molecule has 1 fully saturated rings. The number of carboxylic acid groups (broad SMARTS) is 1. The fraction of sp³-hybridized carbons (Fsp3) is 0.562. The van der Waals surface area contributed by atoms with E-state index in [9.17, 15) is 4.79 Å². The zero-order chi connectivity index (χ0) is 14.5. The molecule has 1 aliphatic rings. The molecule has 1 N–H and O–H groups in total. The van der Waals surface area contributed by atoms with Crippen molar-refractivity contribution < 1.29 is 9.90 Å². The average molecular weight is 310 g/mol. The topological polar surface area (TPSA) is 37.3 Å². The molecule has 0 amide bonds. The first-order chi connectivity index (χ1) is 9.56. The molecule has 0 aliphatic heterocycles. The van der Waals surface area contributed by atoms with Crippen LogP contribution < -0.4 is 0 Å². The van der Waals surface area contributed by atoms with Gasteiger partial charge in [0.2, 0.25) is 0 Å². The van der Waals surface area contributed by atoms with Crippen molar-refractivity contribution in [1.82, 2.24) is 0 Å². The molecule has 2 nitrogen and oxygen atoms in total. The molecule has 110 valence electrons. The number of aliphatic carboxylic acids is 1. The van der Waals surface area contributed by atoms with E-state index in [1.807, 2.05) is 11.8 Å². The van der Waals surface area contributed by atoms with Gasteiger partial charge in [0, 0.05) is 15.4 Å². The first-order valence-corrected chi connectivity index (χ1v) is 9.06. The van der Waals surface area contributed by atoms with Gasteiger partial charge in [0.25, 0.3) is 0 Å². The number of rotatable bonds is 5. The highest BCUT2D eigenvalue weighted by atomic mass is 32.2. The van der Waals surface area contributed by atoms with Gasteiger partial charge in [-0.15, -0.1) is 23.5 Å². The third-order valence-corrected chi connectivity index (χ3v) is 6.80. The molecule has 2 unspecified atom stereocenters. The maximum atomic E-state index is 10.8. The fourth-order valence-corrected chi connectivity index (χ4v) is 5.29. The van der Waals surface area contributed by atoms with Gasteiger partial charge in [-0.3, -0.25) is 4.79 Å². The molecule has 2 atom stereocenters. The van der Waals surface area contributed by atoms with Crippen LogP contribution in [0.1, 0.15) is 36.8 Å². The molecule has 2 rings (SSSR count). The molecular weight excluding hydrogens is 288 g/mol. The summed E-state index contributed by atoms with van der Waals surface area (Å²) in [6.45, 7) is 4.28. The van der Waals surface area contributed by atoms with Crippen LogP contribution in [0.4, 0.5) is 0 Å². The molecule has 1 aromatic rings. The lowest BCUT2D eigenvalue weighted by molar-refractivity contribution is -0.133. The Bertz CT molecular complexity index is 474. The number of hydrogen-bond acceptors (Lipinski definition) is 3. The van der Waals surface area contributed by atoms with Crippen LogP contribution in [0.15, 0.2) is 23.1 Å². The van der Waals surface area contributed by atoms with Gasteiger partial charge in [-0.05, 0) is 49.9 Å². The van der Waals surface area contributed by atoms with Gasteiger partial charge < -0.3 is 5.11 Å². The van der Waals surface area contributed by atoms with Crippen LogP contribution in [0.5, 0.6) is 0 Å². The van der Waals surface area contributed by atoms with Gasteiger partial charge in [-0.25, -0.2) is 0 Å². The minimum absolute atomic E-state index is 0.231. The summed E-state index contributed by atoms with van der Waals surface area (Å²) < 4.78 is 0. The molecule has 20 heavy (non-hydrogen) atoms. The molecule has 0 spiro atoms. The van der Waals surface area contributed by atoms with Crippen molar-refractivity contribution in [1.29, 1.82) is 0 Å². The Kier molecular flexibility index (Phi) is 5.85. The molecule has 1 saturated carbocycles. The summed E-state index contributed by atoms with van der Waals surface area (Å²) in [6, 6.07) is 6.63. The largest absolute Gasteiger partial charge is 0.481 e. The highest BCUT2D eigenvalue weighted by molar-refractivity contribution is 8.04. The lowest BCUT2D eigenvalue weighted by atomic mass is 10.00. The van der Waals surface area contributed by atoms with Crippen molar-refractivity contribution in [3.8, 4) is 0 Å². The first-order valence-electron chi connectivity index (χ1n) is 7.13. The number of benzene rings is 1. The lowest BCUT2D eigenvalue weighted by Gasteiger charge is -2.30. The second kappa shape index (κ2) is 7.41. The highest BCUT2D eigenvalue weighted by Gasteiger charge is 2.27. The monoisotopic (exact) mass is 310 g/mol. The number of carboxylic acids is 1. The summed E-state index contributed by atoms with van der Waals surface area (Å²) in [7, 11) is 0. The third-order valence-electron chi connectivity index (χ3n) is 3.83. The van der Waals surface area contributed by atoms with Crippen LogP contribution in [-0.4, -0.2) is 27.3 Å². The third kappa shape index (κ3) is 4.45. The fourth-order valence-electron chi connectivity index (χ4n) is 2.53. The van der Waals surface area contributed by atoms with Crippen molar-refractivity contribution in [2.75, 3.05) is 5.75 Å². The first kappa shape index (κ1) is 15.8. The van der Waals surface area contributed by atoms with E-state index in [2.05, 4.69) is 32.0 Å². The maximum Gasteiger partial charge on any atom is 0.313 e. The summed E-state index contributed by atoms with van der Waals surface area (Å²) >= 11 is 3.55. The zero-order valence-corrected chi connectivity index (χ0v) is 13.7. The molecule has 0 aromatic heterocycles. The van der Waals surface area contributed by atoms with Gasteiger partial charge >= 0.3 is 5.97 Å². The number of thioether (sulfide) groups is 2. The second-order valence-electron chi connectivity index (χ2n) is 5.43. The van der Waals surface area contributed by atoms with Crippen molar-refractivity contribution in [2.45, 2.75) is 54.9 Å². The van der Waals surface area contributed by atoms with Crippen LogP contribution in [0.2, 0.25) is 0 Å². The Morgan fingerprint density at radius 2 is 1.90 bits per heavy atom. The molecule has 0 bridgehead atoms. The number of aryl methyl sites for hydroxylation is 2. The van der Waals surface area contributed by atoms with Crippen molar-refractivity contribution in [3.63, 3.8) is 0 Å². The Morgan fingerprint density at radius 3 is 2.55 bits per heavy atom. The standard InChI is InChI=1S/C16H22O2S2/c1-11-7-8-13(9-12(11)2)20-15-6-4-3-5-14(15)19-10-16(17)18/h7-9,14-15H,3-6,10H2,1-2H3,(H,17,18). The predicted octanol–water partition coefficient (Wildman–Crippen LogP) is 4.52. The Morgan fingerprint density at radius 1 is 1.20 bits per heavy atom. The van der Waals surface area contributed by atoms with Crippen LogP contribution in [0.3, 0.4) is 0 Å². The predicted molar refractivity (Wildman–Crippen MR) is 87.9 cm³/mol. The van der Waals surface area contributed by atoms with Crippen molar-refractivity contribution in [3.05, 3.63) is 29.3 Å². The van der Waals surface area contributed by atoms with E-state index in [1.165, 1.54) is 35.3 Å². The van der Waals surface area contributed by atoms with Crippen LogP contribution in [0, 0.1) is 13.8 Å². The van der Waals surface area contributed by atoms with Gasteiger partial charge in [0.05, 0.1) is 5.75 Å². The van der Waals surface area contributed by atoms with Crippen molar-refractivity contribution >= 4 is 29.5 Å². The summed E-state index contributed by atoms with van der Waals surface area (Å²) in [5.41, 5.74) is 2.66. The lowest BCUT2D eigenvalue weighted by Crippen LogP contribution is -2.25. The quantitative estimate of drug-likeness (QED) is 0.867. The molecular formula is C16H22O2S2. The molecule has 0 heterocycles. The molecule has 0 saturated heterocycles. The van der Waals surface area contributed by atoms with Crippen molar-refractivity contribution in [2.24, 2.45) is 0 Å². The van der Waals surface area contributed by atoms with Crippen LogP contribution in [0.25, 0.3) is 0 Å². The molecule has 4 heteroatoms. The number of hydrogen-bond donors (Lipinski definition) is 1. The van der Waals surface area contributed by atoms with E-state index in [4.69, 9.17) is 5.11 Å². The van der Waals surface area contributed by atoms with E-state index in [-0.39, 0.29) is 5.75 Å². The number of carbonyl (C=O) groups is 1. The van der Waals surface area contributed by atoms with E-state index >= 15 is 0 Å². The van der Waals surface area contributed by atoms with Gasteiger partial charge in [0.1, 0.15) is 0 Å². The van der Waals surface area contributed by atoms with Crippen LogP contribution in [-0.2, 0) is 4.79 Å². The zero-order valence-electron chi connectivity index (χ0n) is 12.1. The SMILES string of the molecule is Cc1ccc(SC2CCCCC2SCC(=O)O)cc1C. The van der Waals surface area contributed by atoms with Crippen LogP contribution >= 0.6 is 23.5 Å². The Balaban J connectivity index is 2.00. The normalized spacial score (nSPS) is 22.7. The summed E-state index contributed by atoms with van der Waals surface area (Å²) in [4.78, 5) is 12.1. The summed E-state index contributed by atoms with van der Waals surface area (Å²) in [6.07, 6.45) is 4.86. The van der Waals surface area contributed by atoms with Gasteiger partial charge in [-0.1, -0.05) is 18.9 Å². The second-order valence-corrected chi connectivity index (χ2v) is 7.97. The minimum Gasteiger partial charge on any atom is -0.481 e. The maximum absolute atomic E-state index is 10.8. The van der Waals surface area contributed by atoms with Gasteiger partial charge in [0.15, 0.2) is 0 Å². The Labute approximate surface area is 129 Å². The summed E-state index contributed by atoms with van der Waals surface area (Å²) in [5.74, 6) is -0.468. The van der Waals surface area contributed by atoms with E-state index < -0.39 is 5.97 Å². The summed E-state index contributed by atoms with van der Waals surface area (Å²) in [5, 5.41) is 9.89. The molecule has 1 aliphatic carbocycles. The van der Waals surface area contributed by atoms with E-state index in [0.29, 0.717) is 10.5 Å². The average Bonchev–Trinajstić information content (AvgIpc) is 2.42. The van der Waals surface area contributed by atoms with Gasteiger partial charge in [-0.2, -0.15) is 0 Å². The Hall–Kier alpha value is -0.610. The molecule has 0 radical (unpaired) electrons.